The van der Waals surface area contributed by atoms with Crippen LogP contribution < -0.4 is 16.3 Å². The number of halogens is 1. The summed E-state index contributed by atoms with van der Waals surface area (Å²) in [5, 5.41) is 6.31. The van der Waals surface area contributed by atoms with Crippen molar-refractivity contribution in [2.24, 2.45) is 12.1 Å². The molecule has 2 aromatic heterocycles. The van der Waals surface area contributed by atoms with Gasteiger partial charge in [0.1, 0.15) is 5.82 Å². The molecule has 0 saturated heterocycles. The van der Waals surface area contributed by atoms with Gasteiger partial charge in [-0.2, -0.15) is 10.1 Å². The van der Waals surface area contributed by atoms with Gasteiger partial charge >= 0.3 is 5.69 Å². The lowest BCUT2D eigenvalue weighted by Crippen LogP contribution is -2.40. The van der Waals surface area contributed by atoms with E-state index in [0.717, 1.165) is 10.3 Å². The summed E-state index contributed by atoms with van der Waals surface area (Å²) < 4.78 is 23.1. The van der Waals surface area contributed by atoms with Crippen molar-refractivity contribution in [3.63, 3.8) is 0 Å². The third-order valence-electron chi connectivity index (χ3n) is 5.56. The summed E-state index contributed by atoms with van der Waals surface area (Å²) in [6, 6.07) is 5.54. The van der Waals surface area contributed by atoms with Crippen LogP contribution in [0.2, 0.25) is 0 Å². The second-order valence-electron chi connectivity index (χ2n) is 7.55. The zero-order valence-electron chi connectivity index (χ0n) is 18.0. The van der Waals surface area contributed by atoms with Gasteiger partial charge in [-0.1, -0.05) is 12.1 Å². The van der Waals surface area contributed by atoms with E-state index in [-0.39, 0.29) is 18.4 Å². The smallest absolute Gasteiger partial charge is 0.332 e. The Morgan fingerprint density at radius 1 is 1.19 bits per heavy atom. The number of hydrazone groups is 1. The Balaban J connectivity index is 1.89. The Kier molecular flexibility index (Phi) is 5.48. The highest BCUT2D eigenvalue weighted by Gasteiger charge is 2.30. The molecule has 0 N–H and O–H groups in total. The van der Waals surface area contributed by atoms with Gasteiger partial charge in [0, 0.05) is 13.7 Å². The minimum absolute atomic E-state index is 0.0394. The van der Waals surface area contributed by atoms with E-state index >= 15 is 0 Å². The minimum atomic E-state index is -0.483. The zero-order chi connectivity index (χ0) is 22.3. The fourth-order valence-corrected chi connectivity index (χ4v) is 3.74. The average Bonchev–Trinajstić information content (AvgIpc) is 3.16. The highest BCUT2D eigenvalue weighted by atomic mass is 19.1. The van der Waals surface area contributed by atoms with Crippen molar-refractivity contribution < 1.29 is 9.13 Å². The van der Waals surface area contributed by atoms with Crippen molar-refractivity contribution in [1.82, 2.24) is 18.7 Å². The van der Waals surface area contributed by atoms with E-state index in [9.17, 15) is 14.0 Å². The number of fused-ring (bicyclic) bond motifs is 3. The van der Waals surface area contributed by atoms with Crippen LogP contribution in [-0.2, 0) is 18.3 Å². The van der Waals surface area contributed by atoms with E-state index < -0.39 is 11.2 Å². The van der Waals surface area contributed by atoms with Crippen LogP contribution in [0.5, 0.6) is 0 Å². The van der Waals surface area contributed by atoms with Crippen molar-refractivity contribution in [1.29, 1.82) is 0 Å². The predicted molar refractivity (Wildman–Crippen MR) is 116 cm³/mol. The maximum Gasteiger partial charge on any atom is 0.332 e. The van der Waals surface area contributed by atoms with Gasteiger partial charge in [0.05, 0.1) is 31.4 Å². The van der Waals surface area contributed by atoms with E-state index in [1.807, 2.05) is 25.3 Å². The van der Waals surface area contributed by atoms with Gasteiger partial charge in [-0.05, 0) is 38.5 Å². The van der Waals surface area contributed by atoms with Crippen molar-refractivity contribution in [2.75, 3.05) is 24.8 Å². The first-order valence-electron chi connectivity index (χ1n) is 10.2. The highest BCUT2D eigenvalue weighted by molar-refractivity contribution is 5.91. The van der Waals surface area contributed by atoms with Crippen molar-refractivity contribution in [3.05, 3.63) is 56.5 Å². The SMILES string of the molecule is CCOCCN1N=C(C)[C@H](C)n2c1nc1c2c(=O)n(Cc2ccc(F)cc2)c(=O)n1C. The maximum atomic E-state index is 13.5. The molecule has 0 unspecified atom stereocenters. The van der Waals surface area contributed by atoms with Gasteiger partial charge in [0.15, 0.2) is 11.2 Å². The third kappa shape index (κ3) is 3.56. The third-order valence-corrected chi connectivity index (χ3v) is 5.56. The number of hydrogen-bond acceptors (Lipinski definition) is 6. The first-order valence-corrected chi connectivity index (χ1v) is 10.2. The first kappa shape index (κ1) is 21.0. The lowest BCUT2D eigenvalue weighted by Gasteiger charge is -2.29. The fourth-order valence-electron chi connectivity index (χ4n) is 3.74. The molecule has 0 aliphatic carbocycles. The summed E-state index contributed by atoms with van der Waals surface area (Å²) in [5.41, 5.74) is 1.20. The molecule has 1 aliphatic heterocycles. The molecule has 1 aliphatic rings. The summed E-state index contributed by atoms with van der Waals surface area (Å²) >= 11 is 0. The van der Waals surface area contributed by atoms with Crippen LogP contribution in [-0.4, -0.2) is 44.2 Å². The largest absolute Gasteiger partial charge is 0.380 e. The number of rotatable bonds is 6. The molecule has 0 fully saturated rings. The van der Waals surface area contributed by atoms with Crippen LogP contribution in [0.3, 0.4) is 0 Å². The maximum absolute atomic E-state index is 13.5. The van der Waals surface area contributed by atoms with Crippen LogP contribution in [0.15, 0.2) is 39.0 Å². The molecule has 3 heterocycles. The van der Waals surface area contributed by atoms with Gasteiger partial charge in [-0.15, -0.1) is 0 Å². The van der Waals surface area contributed by atoms with Crippen LogP contribution >= 0.6 is 0 Å². The molecule has 31 heavy (non-hydrogen) atoms. The molecule has 0 bridgehead atoms. The van der Waals surface area contributed by atoms with E-state index in [1.54, 1.807) is 24.2 Å². The molecule has 1 atom stereocenters. The van der Waals surface area contributed by atoms with E-state index in [4.69, 9.17) is 4.74 Å². The number of nitrogens with zero attached hydrogens (tertiary/aromatic N) is 6. The topological polar surface area (TPSA) is 86.7 Å². The molecule has 9 nitrogen and oxygen atoms in total. The molecule has 164 valence electrons. The minimum Gasteiger partial charge on any atom is -0.380 e. The Bertz CT molecular complexity index is 1270. The van der Waals surface area contributed by atoms with Gasteiger partial charge in [-0.25, -0.2) is 14.2 Å². The molecule has 0 spiro atoms. The summed E-state index contributed by atoms with van der Waals surface area (Å²) in [5.74, 6) is 0.125. The normalized spacial score (nSPS) is 16.0. The quantitative estimate of drug-likeness (QED) is 0.560. The van der Waals surface area contributed by atoms with Crippen LogP contribution in [0.25, 0.3) is 11.2 Å². The number of imidazole rings is 1. The number of aryl methyl sites for hydroxylation is 1. The summed E-state index contributed by atoms with van der Waals surface area (Å²) in [6.45, 7) is 7.31. The number of benzene rings is 1. The Morgan fingerprint density at radius 2 is 1.90 bits per heavy atom. The Labute approximate surface area is 178 Å². The van der Waals surface area contributed by atoms with Crippen LogP contribution in [0.4, 0.5) is 10.3 Å². The monoisotopic (exact) mass is 428 g/mol. The number of aromatic nitrogens is 4. The highest BCUT2D eigenvalue weighted by Crippen LogP contribution is 2.29. The van der Waals surface area contributed by atoms with Crippen molar-refractivity contribution in [3.8, 4) is 0 Å². The van der Waals surface area contributed by atoms with Crippen molar-refractivity contribution in [2.45, 2.75) is 33.4 Å². The summed E-state index contributed by atoms with van der Waals surface area (Å²) in [7, 11) is 1.59. The molecular formula is C21H25FN6O3. The molecule has 3 aromatic rings. The molecule has 0 saturated carbocycles. The second-order valence-corrected chi connectivity index (χ2v) is 7.55. The summed E-state index contributed by atoms with van der Waals surface area (Å²) in [4.78, 5) is 31.0. The molecule has 0 radical (unpaired) electrons. The van der Waals surface area contributed by atoms with Gasteiger partial charge in [0.25, 0.3) is 5.56 Å². The predicted octanol–water partition coefficient (Wildman–Crippen LogP) is 1.88. The first-order chi connectivity index (χ1) is 14.8. The Hall–Kier alpha value is -3.27. The second kappa shape index (κ2) is 8.10. The van der Waals surface area contributed by atoms with E-state index in [2.05, 4.69) is 10.1 Å². The lowest BCUT2D eigenvalue weighted by molar-refractivity contribution is 0.153. The van der Waals surface area contributed by atoms with E-state index in [1.165, 1.54) is 16.7 Å². The number of hydrogen-bond donors (Lipinski definition) is 0. The lowest BCUT2D eigenvalue weighted by atomic mass is 10.2. The van der Waals surface area contributed by atoms with Gasteiger partial charge in [-0.3, -0.25) is 18.5 Å². The van der Waals surface area contributed by atoms with Gasteiger partial charge in [0.2, 0.25) is 5.95 Å². The Morgan fingerprint density at radius 3 is 2.58 bits per heavy atom. The molecule has 4 rings (SSSR count). The van der Waals surface area contributed by atoms with Crippen LogP contribution in [0.1, 0.15) is 32.4 Å². The van der Waals surface area contributed by atoms with Crippen molar-refractivity contribution >= 4 is 22.8 Å². The average molecular weight is 428 g/mol. The number of ether oxygens (including phenoxy) is 1. The molecule has 1 aromatic carbocycles. The molecular weight excluding hydrogens is 403 g/mol. The van der Waals surface area contributed by atoms with E-state index in [0.29, 0.717) is 42.4 Å². The standard InChI is InChI=1S/C21H25FN6O3/c1-5-31-11-10-27-20-23-18-17(28(20)14(3)13(2)24-27)19(29)26(21(30)25(18)4)12-15-6-8-16(22)9-7-15/h6-9,14H,5,10-12H2,1-4H3/t14-/m0/s1. The number of anilines is 1. The summed E-state index contributed by atoms with van der Waals surface area (Å²) in [6.07, 6.45) is 0. The fraction of sp³-hybridized carbons (Fsp3) is 0.429. The van der Waals surface area contributed by atoms with Crippen LogP contribution in [0, 0.1) is 5.82 Å². The zero-order valence-corrected chi connectivity index (χ0v) is 18.0. The molecule has 0 amide bonds. The van der Waals surface area contributed by atoms with Gasteiger partial charge < -0.3 is 4.74 Å². The molecule has 10 heteroatoms.